The molecule has 0 spiro atoms. The molecule has 1 aliphatic heterocycles. The maximum atomic E-state index is 13.7. The molecule has 0 saturated carbocycles. The van der Waals surface area contributed by atoms with Crippen LogP contribution < -0.4 is 10.2 Å². The first kappa shape index (κ1) is 20.6. The van der Waals surface area contributed by atoms with Gasteiger partial charge in [-0.2, -0.15) is 0 Å². The van der Waals surface area contributed by atoms with Gasteiger partial charge in [0, 0.05) is 5.69 Å². The highest BCUT2D eigenvalue weighted by Gasteiger charge is 2.41. The summed E-state index contributed by atoms with van der Waals surface area (Å²) < 4.78 is 0. The Kier molecular flexibility index (Phi) is 5.24. The van der Waals surface area contributed by atoms with Crippen LogP contribution in [-0.2, 0) is 9.59 Å². The van der Waals surface area contributed by atoms with Crippen LogP contribution in [0.4, 0.5) is 11.4 Å². The maximum Gasteiger partial charge on any atom is 0.282 e. The quantitative estimate of drug-likeness (QED) is 0.568. The van der Waals surface area contributed by atoms with Gasteiger partial charge in [-0.05, 0) is 74.6 Å². The zero-order valence-corrected chi connectivity index (χ0v) is 18.5. The molecule has 0 aliphatic carbocycles. The van der Waals surface area contributed by atoms with Crippen molar-refractivity contribution in [2.24, 2.45) is 0 Å². The number of rotatable bonds is 4. The summed E-state index contributed by atoms with van der Waals surface area (Å²) in [5, 5.41) is 3.28. The van der Waals surface area contributed by atoms with Gasteiger partial charge in [-0.15, -0.1) is 0 Å². The van der Waals surface area contributed by atoms with E-state index in [4.69, 9.17) is 0 Å². The van der Waals surface area contributed by atoms with Gasteiger partial charge in [-0.3, -0.25) is 9.59 Å². The normalized spacial score (nSPS) is 13.9. The van der Waals surface area contributed by atoms with E-state index in [1.54, 1.807) is 0 Å². The number of para-hydroxylation sites is 1. The molecule has 1 heterocycles. The lowest BCUT2D eigenvalue weighted by molar-refractivity contribution is -0.120. The number of hydrogen-bond donors (Lipinski definition) is 1. The largest absolute Gasteiger partial charge is 0.350 e. The Labute approximate surface area is 183 Å². The topological polar surface area (TPSA) is 49.4 Å². The zero-order chi connectivity index (χ0) is 22.3. The Morgan fingerprint density at radius 3 is 2.06 bits per heavy atom. The molecule has 0 unspecified atom stereocenters. The predicted octanol–water partition coefficient (Wildman–Crippen LogP) is 5.63. The fourth-order valence-electron chi connectivity index (χ4n) is 4.02. The van der Waals surface area contributed by atoms with Gasteiger partial charge < -0.3 is 5.32 Å². The number of anilines is 2. The lowest BCUT2D eigenvalue weighted by atomic mass is 9.97. The Bertz CT molecular complexity index is 1250. The monoisotopic (exact) mass is 410 g/mol. The molecule has 2 amide bonds. The fourth-order valence-corrected chi connectivity index (χ4v) is 4.02. The minimum atomic E-state index is -0.336. The minimum Gasteiger partial charge on any atom is -0.350 e. The van der Waals surface area contributed by atoms with Crippen LogP contribution >= 0.6 is 0 Å². The van der Waals surface area contributed by atoms with Crippen molar-refractivity contribution in [2.75, 3.05) is 10.2 Å². The van der Waals surface area contributed by atoms with E-state index in [1.165, 1.54) is 4.90 Å². The summed E-state index contributed by atoms with van der Waals surface area (Å²) in [6.07, 6.45) is 0. The Morgan fingerprint density at radius 1 is 0.677 bits per heavy atom. The Balaban J connectivity index is 1.91. The first-order valence-corrected chi connectivity index (χ1v) is 10.4. The molecule has 0 radical (unpaired) electrons. The summed E-state index contributed by atoms with van der Waals surface area (Å²) in [7, 11) is 0. The summed E-state index contributed by atoms with van der Waals surface area (Å²) in [4.78, 5) is 28.7. The number of carbonyl (C=O) groups excluding carboxylic acids is 2. The Morgan fingerprint density at radius 2 is 1.35 bits per heavy atom. The molecule has 4 heteroatoms. The first-order chi connectivity index (χ1) is 14.8. The lowest BCUT2D eigenvalue weighted by Crippen LogP contribution is -2.33. The van der Waals surface area contributed by atoms with E-state index in [-0.39, 0.29) is 11.8 Å². The second kappa shape index (κ2) is 7.88. The lowest BCUT2D eigenvalue weighted by Gasteiger charge is -2.19. The Hall–Kier alpha value is -3.66. The molecule has 3 aromatic carbocycles. The predicted molar refractivity (Wildman–Crippen MR) is 126 cm³/mol. The van der Waals surface area contributed by atoms with Crippen molar-refractivity contribution < 1.29 is 9.59 Å². The van der Waals surface area contributed by atoms with E-state index in [9.17, 15) is 9.59 Å². The van der Waals surface area contributed by atoms with E-state index in [0.717, 1.165) is 39.1 Å². The maximum absolute atomic E-state index is 13.7. The molecule has 1 aliphatic rings. The molecule has 0 saturated heterocycles. The molecule has 156 valence electrons. The van der Waals surface area contributed by atoms with Crippen molar-refractivity contribution in [2.45, 2.75) is 34.6 Å². The van der Waals surface area contributed by atoms with Crippen molar-refractivity contribution in [3.63, 3.8) is 0 Å². The second-order valence-electron chi connectivity index (χ2n) is 8.24. The third-order valence-corrected chi connectivity index (χ3v) is 5.75. The molecule has 0 aromatic heterocycles. The summed E-state index contributed by atoms with van der Waals surface area (Å²) in [5.74, 6) is -0.640. The highest BCUT2D eigenvalue weighted by atomic mass is 16.2. The van der Waals surface area contributed by atoms with Gasteiger partial charge in [0.05, 0.1) is 11.3 Å². The van der Waals surface area contributed by atoms with Gasteiger partial charge in [0.2, 0.25) is 0 Å². The number of hydrogen-bond acceptors (Lipinski definition) is 3. The van der Waals surface area contributed by atoms with Crippen LogP contribution in [-0.4, -0.2) is 11.8 Å². The van der Waals surface area contributed by atoms with E-state index in [0.29, 0.717) is 17.0 Å². The number of carbonyl (C=O) groups is 2. The summed E-state index contributed by atoms with van der Waals surface area (Å²) in [6, 6.07) is 19.5. The van der Waals surface area contributed by atoms with Gasteiger partial charge in [0.15, 0.2) is 0 Å². The summed E-state index contributed by atoms with van der Waals surface area (Å²) >= 11 is 0. The van der Waals surface area contributed by atoms with Crippen molar-refractivity contribution in [3.05, 3.63) is 99.7 Å². The number of nitrogens with one attached hydrogen (secondary N) is 1. The number of benzene rings is 3. The van der Waals surface area contributed by atoms with Crippen molar-refractivity contribution in [1.29, 1.82) is 0 Å². The van der Waals surface area contributed by atoms with Gasteiger partial charge in [0.1, 0.15) is 5.70 Å². The van der Waals surface area contributed by atoms with Gasteiger partial charge in [-0.25, -0.2) is 4.90 Å². The van der Waals surface area contributed by atoms with Gasteiger partial charge >= 0.3 is 0 Å². The fraction of sp³-hybridized carbons (Fsp3) is 0.185. The standard InChI is InChI=1S/C27H26N2O2/c1-16-11-13-21(20(5)14-16)24-25(28-22-9-7-6-8-18(22)3)27(31)29(26(24)30)23-15-17(2)10-12-19(23)4/h6-15,28H,1-5H3. The number of amides is 2. The van der Waals surface area contributed by atoms with Crippen LogP contribution in [0, 0.1) is 34.6 Å². The molecular weight excluding hydrogens is 384 g/mol. The molecule has 31 heavy (non-hydrogen) atoms. The third-order valence-electron chi connectivity index (χ3n) is 5.75. The van der Waals surface area contributed by atoms with E-state index in [1.807, 2.05) is 95.3 Å². The molecule has 4 rings (SSSR count). The van der Waals surface area contributed by atoms with E-state index >= 15 is 0 Å². The number of nitrogens with zero attached hydrogens (tertiary/aromatic N) is 1. The van der Waals surface area contributed by atoms with Gasteiger partial charge in [0.25, 0.3) is 11.8 Å². The number of aryl methyl sites for hydroxylation is 5. The second-order valence-corrected chi connectivity index (χ2v) is 8.24. The average molecular weight is 411 g/mol. The summed E-state index contributed by atoms with van der Waals surface area (Å²) in [5.41, 5.74) is 7.87. The highest BCUT2D eigenvalue weighted by Crippen LogP contribution is 2.37. The molecule has 1 N–H and O–H groups in total. The molecule has 0 atom stereocenters. The van der Waals surface area contributed by atoms with Crippen LogP contribution in [0.3, 0.4) is 0 Å². The molecule has 0 fully saturated rings. The summed E-state index contributed by atoms with van der Waals surface area (Å²) in [6.45, 7) is 9.84. The van der Waals surface area contributed by atoms with Gasteiger partial charge in [-0.1, -0.05) is 54.1 Å². The van der Waals surface area contributed by atoms with Crippen LogP contribution in [0.25, 0.3) is 5.57 Å². The highest BCUT2D eigenvalue weighted by molar-refractivity contribution is 6.46. The van der Waals surface area contributed by atoms with Crippen LogP contribution in [0.2, 0.25) is 0 Å². The van der Waals surface area contributed by atoms with Crippen molar-refractivity contribution >= 4 is 28.8 Å². The van der Waals surface area contributed by atoms with Crippen LogP contribution in [0.15, 0.2) is 66.4 Å². The zero-order valence-electron chi connectivity index (χ0n) is 18.5. The molecular formula is C27H26N2O2. The first-order valence-electron chi connectivity index (χ1n) is 10.4. The minimum absolute atomic E-state index is 0.304. The molecule has 3 aromatic rings. The SMILES string of the molecule is Cc1ccc(C2=C(Nc3ccccc3C)C(=O)N(c3cc(C)ccc3C)C2=O)c(C)c1. The van der Waals surface area contributed by atoms with Crippen molar-refractivity contribution in [1.82, 2.24) is 0 Å². The van der Waals surface area contributed by atoms with Crippen molar-refractivity contribution in [3.8, 4) is 0 Å². The van der Waals surface area contributed by atoms with Crippen LogP contribution in [0.5, 0.6) is 0 Å². The molecule has 4 nitrogen and oxygen atoms in total. The number of imide groups is 1. The van der Waals surface area contributed by atoms with Crippen LogP contribution in [0.1, 0.15) is 33.4 Å². The van der Waals surface area contributed by atoms with E-state index < -0.39 is 0 Å². The average Bonchev–Trinajstić information content (AvgIpc) is 2.95. The third kappa shape index (κ3) is 3.66. The molecule has 0 bridgehead atoms. The van der Waals surface area contributed by atoms with E-state index in [2.05, 4.69) is 5.32 Å². The smallest absolute Gasteiger partial charge is 0.282 e.